The maximum Gasteiger partial charge on any atom is 0.248 e. The first kappa shape index (κ1) is 21.0. The van der Waals surface area contributed by atoms with E-state index in [1.807, 2.05) is 18.2 Å². The molecule has 1 aromatic carbocycles. The number of pyridine rings is 1. The van der Waals surface area contributed by atoms with Crippen molar-refractivity contribution >= 4 is 22.6 Å². The Balaban J connectivity index is 1.57. The Morgan fingerprint density at radius 3 is 2.66 bits per heavy atom. The summed E-state index contributed by atoms with van der Waals surface area (Å²) < 4.78 is 7.96. The second kappa shape index (κ2) is 8.92. The average Bonchev–Trinajstić information content (AvgIpc) is 3.23. The molecule has 168 valence electrons. The van der Waals surface area contributed by atoms with Crippen LogP contribution in [-0.2, 0) is 11.3 Å². The van der Waals surface area contributed by atoms with E-state index in [9.17, 15) is 4.79 Å². The number of primary amides is 1. The lowest BCUT2D eigenvalue weighted by atomic mass is 9.97. The summed E-state index contributed by atoms with van der Waals surface area (Å²) in [7, 11) is 2.20. The summed E-state index contributed by atoms with van der Waals surface area (Å²) in [6.45, 7) is 6.41. The molecule has 0 unspecified atom stereocenters. The number of morpholine rings is 1. The van der Waals surface area contributed by atoms with Crippen molar-refractivity contribution in [2.45, 2.75) is 19.4 Å². The van der Waals surface area contributed by atoms with Crippen LogP contribution in [0.4, 0.5) is 5.82 Å². The number of piperidine rings is 1. The molecule has 0 bridgehead atoms. The van der Waals surface area contributed by atoms with Gasteiger partial charge in [-0.1, -0.05) is 12.1 Å². The SMILES string of the molecule is CN1CCC(Cn2ccc3c(N4CCOCC4)nc(-c4cccc(C(N)=O)c4)cc32)CC1. The van der Waals surface area contributed by atoms with Crippen LogP contribution in [0.25, 0.3) is 22.2 Å². The van der Waals surface area contributed by atoms with Crippen molar-refractivity contribution in [2.24, 2.45) is 11.7 Å². The number of nitrogens with two attached hydrogens (primary N) is 1. The van der Waals surface area contributed by atoms with Gasteiger partial charge in [0.05, 0.1) is 24.4 Å². The zero-order valence-corrected chi connectivity index (χ0v) is 18.7. The molecule has 2 N–H and O–H groups in total. The molecule has 2 fully saturated rings. The van der Waals surface area contributed by atoms with Crippen LogP contribution in [0.15, 0.2) is 42.6 Å². The van der Waals surface area contributed by atoms with Gasteiger partial charge < -0.3 is 24.8 Å². The highest BCUT2D eigenvalue weighted by Crippen LogP contribution is 2.33. The molecule has 0 atom stereocenters. The number of anilines is 1. The number of amides is 1. The standard InChI is InChI=1S/C25H31N5O2/c1-28-8-5-18(6-9-28)17-30-10-7-21-23(30)16-22(19-3-2-4-20(15-19)24(26)31)27-25(21)29-11-13-32-14-12-29/h2-4,7,10,15-16,18H,5-6,8-9,11-14,17H2,1H3,(H2,26,31). The normalized spacial score (nSPS) is 18.3. The lowest BCUT2D eigenvalue weighted by Gasteiger charge is -2.30. The van der Waals surface area contributed by atoms with Crippen LogP contribution in [0.3, 0.4) is 0 Å². The topological polar surface area (TPSA) is 76.6 Å². The molecule has 3 aromatic rings. The van der Waals surface area contributed by atoms with E-state index in [0.717, 1.165) is 49.8 Å². The summed E-state index contributed by atoms with van der Waals surface area (Å²) in [6, 6.07) is 11.8. The summed E-state index contributed by atoms with van der Waals surface area (Å²) in [4.78, 5) is 21.5. The molecule has 0 radical (unpaired) electrons. The number of rotatable bonds is 5. The van der Waals surface area contributed by atoms with Crippen LogP contribution < -0.4 is 10.6 Å². The fraction of sp³-hybridized carbons (Fsp3) is 0.440. The Hall–Kier alpha value is -2.90. The van der Waals surface area contributed by atoms with E-state index in [-0.39, 0.29) is 0 Å². The van der Waals surface area contributed by atoms with E-state index in [1.54, 1.807) is 6.07 Å². The number of carbonyl (C=O) groups is 1. The highest BCUT2D eigenvalue weighted by Gasteiger charge is 2.21. The van der Waals surface area contributed by atoms with Gasteiger partial charge in [0.1, 0.15) is 5.82 Å². The summed E-state index contributed by atoms with van der Waals surface area (Å²) in [6.07, 6.45) is 4.66. The van der Waals surface area contributed by atoms with Crippen molar-refractivity contribution in [1.82, 2.24) is 14.5 Å². The highest BCUT2D eigenvalue weighted by atomic mass is 16.5. The maximum absolute atomic E-state index is 11.7. The second-order valence-corrected chi connectivity index (χ2v) is 9.02. The number of nitrogens with zero attached hydrogens (tertiary/aromatic N) is 4. The average molecular weight is 434 g/mol. The number of benzene rings is 1. The quantitative estimate of drug-likeness (QED) is 0.669. The van der Waals surface area contributed by atoms with Crippen LogP contribution in [0.1, 0.15) is 23.2 Å². The number of fused-ring (bicyclic) bond motifs is 1. The zero-order valence-electron chi connectivity index (χ0n) is 18.7. The van der Waals surface area contributed by atoms with Gasteiger partial charge in [-0.25, -0.2) is 4.98 Å². The first-order valence-corrected chi connectivity index (χ1v) is 11.5. The van der Waals surface area contributed by atoms with Gasteiger partial charge in [-0.3, -0.25) is 4.79 Å². The van der Waals surface area contributed by atoms with Crippen molar-refractivity contribution in [3.63, 3.8) is 0 Å². The Morgan fingerprint density at radius 2 is 1.91 bits per heavy atom. The van der Waals surface area contributed by atoms with Gasteiger partial charge in [-0.05, 0) is 63.2 Å². The molecule has 0 aliphatic carbocycles. The van der Waals surface area contributed by atoms with E-state index >= 15 is 0 Å². The lowest BCUT2D eigenvalue weighted by molar-refractivity contribution is 0.100. The molecular weight excluding hydrogens is 402 g/mol. The molecule has 0 spiro atoms. The second-order valence-electron chi connectivity index (χ2n) is 9.02. The first-order valence-electron chi connectivity index (χ1n) is 11.5. The Kier molecular flexibility index (Phi) is 5.85. The Bertz CT molecular complexity index is 1110. The van der Waals surface area contributed by atoms with Gasteiger partial charge in [0.2, 0.25) is 5.91 Å². The molecule has 32 heavy (non-hydrogen) atoms. The number of carbonyl (C=O) groups excluding carboxylic acids is 1. The van der Waals surface area contributed by atoms with Crippen molar-refractivity contribution in [1.29, 1.82) is 0 Å². The number of aromatic nitrogens is 2. The number of likely N-dealkylation sites (tertiary alicyclic amines) is 1. The van der Waals surface area contributed by atoms with Crippen molar-refractivity contribution in [3.8, 4) is 11.3 Å². The molecule has 2 saturated heterocycles. The minimum Gasteiger partial charge on any atom is -0.378 e. The largest absolute Gasteiger partial charge is 0.378 e. The predicted molar refractivity (Wildman–Crippen MR) is 127 cm³/mol. The summed E-state index contributed by atoms with van der Waals surface area (Å²) >= 11 is 0. The van der Waals surface area contributed by atoms with Crippen molar-refractivity contribution < 1.29 is 9.53 Å². The molecule has 2 aromatic heterocycles. The number of hydrogen-bond donors (Lipinski definition) is 1. The fourth-order valence-corrected chi connectivity index (χ4v) is 4.85. The monoisotopic (exact) mass is 433 g/mol. The van der Waals surface area contributed by atoms with E-state index in [4.69, 9.17) is 15.5 Å². The molecular formula is C25H31N5O2. The van der Waals surface area contributed by atoms with E-state index < -0.39 is 5.91 Å². The zero-order chi connectivity index (χ0) is 22.1. The van der Waals surface area contributed by atoms with Gasteiger partial charge in [-0.15, -0.1) is 0 Å². The smallest absolute Gasteiger partial charge is 0.248 e. The molecule has 5 rings (SSSR count). The van der Waals surface area contributed by atoms with E-state index in [2.05, 4.69) is 39.7 Å². The first-order chi connectivity index (χ1) is 15.6. The minimum absolute atomic E-state index is 0.424. The molecule has 1 amide bonds. The predicted octanol–water partition coefficient (Wildman–Crippen LogP) is 2.98. The van der Waals surface area contributed by atoms with Crippen LogP contribution in [-0.4, -0.2) is 66.8 Å². The van der Waals surface area contributed by atoms with Gasteiger partial charge in [0, 0.05) is 42.3 Å². The maximum atomic E-state index is 11.7. The minimum atomic E-state index is -0.424. The molecule has 2 aliphatic rings. The Labute approximate surface area is 188 Å². The molecule has 7 heteroatoms. The summed E-state index contributed by atoms with van der Waals surface area (Å²) in [5.74, 6) is 1.25. The van der Waals surface area contributed by atoms with Crippen molar-refractivity contribution in [3.05, 3.63) is 48.2 Å². The molecule has 7 nitrogen and oxygen atoms in total. The number of ether oxygens (including phenoxy) is 1. The summed E-state index contributed by atoms with van der Waals surface area (Å²) in [5, 5.41) is 1.18. The highest BCUT2D eigenvalue weighted by molar-refractivity contribution is 5.96. The third kappa shape index (κ3) is 4.23. The van der Waals surface area contributed by atoms with Gasteiger partial charge in [0.25, 0.3) is 0 Å². The molecule has 0 saturated carbocycles. The Morgan fingerprint density at radius 1 is 1.12 bits per heavy atom. The molecule has 4 heterocycles. The van der Waals surface area contributed by atoms with E-state index in [1.165, 1.54) is 23.7 Å². The van der Waals surface area contributed by atoms with Crippen LogP contribution in [0.2, 0.25) is 0 Å². The fourth-order valence-electron chi connectivity index (χ4n) is 4.85. The van der Waals surface area contributed by atoms with Gasteiger partial charge >= 0.3 is 0 Å². The van der Waals surface area contributed by atoms with Crippen LogP contribution >= 0.6 is 0 Å². The number of hydrogen-bond acceptors (Lipinski definition) is 5. The van der Waals surface area contributed by atoms with Gasteiger partial charge in [0.15, 0.2) is 0 Å². The van der Waals surface area contributed by atoms with Crippen LogP contribution in [0.5, 0.6) is 0 Å². The third-order valence-electron chi connectivity index (χ3n) is 6.79. The van der Waals surface area contributed by atoms with Crippen molar-refractivity contribution in [2.75, 3.05) is 51.3 Å². The van der Waals surface area contributed by atoms with E-state index in [0.29, 0.717) is 24.7 Å². The summed E-state index contributed by atoms with van der Waals surface area (Å²) in [5.41, 5.74) is 9.00. The van der Waals surface area contributed by atoms with Gasteiger partial charge in [-0.2, -0.15) is 0 Å². The third-order valence-corrected chi connectivity index (χ3v) is 6.79. The van der Waals surface area contributed by atoms with Crippen LogP contribution in [0, 0.1) is 5.92 Å². The molecule has 2 aliphatic heterocycles. The lowest BCUT2D eigenvalue weighted by Crippen LogP contribution is -2.36.